The minimum atomic E-state index is 0.0425. The summed E-state index contributed by atoms with van der Waals surface area (Å²) in [5.74, 6) is 1.33. The summed E-state index contributed by atoms with van der Waals surface area (Å²) in [6, 6.07) is 4.21. The molecule has 0 saturated carbocycles. The Morgan fingerprint density at radius 3 is 3.12 bits per heavy atom. The lowest BCUT2D eigenvalue weighted by Crippen LogP contribution is -2.38. The number of nitrogens with one attached hydrogen (secondary N) is 1. The van der Waals surface area contributed by atoms with Crippen LogP contribution in [-0.2, 0) is 17.9 Å². The van der Waals surface area contributed by atoms with Gasteiger partial charge in [0.05, 0.1) is 13.1 Å². The van der Waals surface area contributed by atoms with Crippen molar-refractivity contribution in [3.63, 3.8) is 0 Å². The van der Waals surface area contributed by atoms with Crippen molar-refractivity contribution in [2.45, 2.75) is 32.5 Å². The summed E-state index contributed by atoms with van der Waals surface area (Å²) in [6.07, 6.45) is 4.52. The number of likely N-dealkylation sites (N-methyl/N-ethyl adjacent to an activating group) is 1. The number of nitrogens with zero attached hydrogens (tertiary/aromatic N) is 5. The first-order valence-corrected chi connectivity index (χ1v) is 8.47. The van der Waals surface area contributed by atoms with Crippen molar-refractivity contribution < 1.29 is 9.32 Å². The lowest BCUT2D eigenvalue weighted by Gasteiger charge is -2.23. The molecule has 2 aromatic heterocycles. The van der Waals surface area contributed by atoms with Gasteiger partial charge >= 0.3 is 0 Å². The molecule has 0 bridgehead atoms. The maximum Gasteiger partial charge on any atom is 0.234 e. The van der Waals surface area contributed by atoms with E-state index in [9.17, 15) is 4.79 Å². The molecule has 0 radical (unpaired) electrons. The van der Waals surface area contributed by atoms with Gasteiger partial charge in [0.1, 0.15) is 0 Å². The van der Waals surface area contributed by atoms with Crippen molar-refractivity contribution in [2.24, 2.45) is 0 Å². The van der Waals surface area contributed by atoms with Gasteiger partial charge in [0.25, 0.3) is 0 Å². The van der Waals surface area contributed by atoms with Crippen LogP contribution in [0.4, 0.5) is 0 Å². The number of likely N-dealkylation sites (tertiary alicyclic amines) is 1. The molecular formula is C17H24N6O2. The van der Waals surface area contributed by atoms with Crippen LogP contribution >= 0.6 is 0 Å². The van der Waals surface area contributed by atoms with E-state index in [1.807, 2.05) is 12.1 Å². The first kappa shape index (κ1) is 17.5. The standard InChI is InChI=1S/C17H24N6O2/c1-13-20-16(21-25-13)11-22(2)15-5-7-23(10-15)12-17(24)19-9-14-4-3-6-18-8-14/h3-4,6,8,15H,5,7,9-12H2,1-2H3,(H,19,24). The monoisotopic (exact) mass is 344 g/mol. The molecule has 1 saturated heterocycles. The van der Waals surface area contributed by atoms with Crippen molar-refractivity contribution >= 4 is 5.91 Å². The molecule has 1 aliphatic heterocycles. The number of amides is 1. The number of carbonyl (C=O) groups excluding carboxylic acids is 1. The van der Waals surface area contributed by atoms with Gasteiger partial charge < -0.3 is 9.84 Å². The van der Waals surface area contributed by atoms with Crippen LogP contribution in [0.1, 0.15) is 23.7 Å². The molecule has 1 unspecified atom stereocenters. The van der Waals surface area contributed by atoms with Gasteiger partial charge in [-0.1, -0.05) is 11.2 Å². The summed E-state index contributed by atoms with van der Waals surface area (Å²) in [7, 11) is 2.06. The molecule has 2 aromatic rings. The van der Waals surface area contributed by atoms with Gasteiger partial charge in [0.15, 0.2) is 5.82 Å². The number of aromatic nitrogens is 3. The van der Waals surface area contributed by atoms with Crippen LogP contribution < -0.4 is 5.32 Å². The van der Waals surface area contributed by atoms with Crippen LogP contribution in [0.3, 0.4) is 0 Å². The fraction of sp³-hybridized carbons (Fsp3) is 0.529. The Bertz CT molecular complexity index is 689. The first-order chi connectivity index (χ1) is 12.1. The molecule has 0 aliphatic carbocycles. The van der Waals surface area contributed by atoms with Crippen molar-refractivity contribution in [1.82, 2.24) is 30.2 Å². The number of hydrogen-bond donors (Lipinski definition) is 1. The average Bonchev–Trinajstić information content (AvgIpc) is 3.23. The maximum atomic E-state index is 12.1. The highest BCUT2D eigenvalue weighted by atomic mass is 16.5. The predicted molar refractivity (Wildman–Crippen MR) is 91.4 cm³/mol. The minimum Gasteiger partial charge on any atom is -0.351 e. The summed E-state index contributed by atoms with van der Waals surface area (Å²) < 4.78 is 5.01. The van der Waals surface area contributed by atoms with Gasteiger partial charge in [-0.25, -0.2) is 0 Å². The Morgan fingerprint density at radius 2 is 2.40 bits per heavy atom. The SMILES string of the molecule is Cc1nc(CN(C)C2CCN(CC(=O)NCc3cccnc3)C2)no1. The number of aryl methyl sites for hydroxylation is 1. The predicted octanol–water partition coefficient (Wildman–Crippen LogP) is 0.596. The van der Waals surface area contributed by atoms with E-state index in [2.05, 4.69) is 37.3 Å². The molecule has 3 heterocycles. The van der Waals surface area contributed by atoms with Crippen LogP contribution in [0.25, 0.3) is 0 Å². The smallest absolute Gasteiger partial charge is 0.234 e. The minimum absolute atomic E-state index is 0.0425. The fourth-order valence-electron chi connectivity index (χ4n) is 3.04. The van der Waals surface area contributed by atoms with E-state index in [0.29, 0.717) is 37.4 Å². The number of pyridine rings is 1. The Balaban J connectivity index is 1.40. The normalized spacial score (nSPS) is 18.0. The molecule has 0 aromatic carbocycles. The summed E-state index contributed by atoms with van der Waals surface area (Å²) in [5, 5.41) is 6.88. The zero-order valence-electron chi connectivity index (χ0n) is 14.7. The van der Waals surface area contributed by atoms with Crippen LogP contribution in [0.2, 0.25) is 0 Å². The van der Waals surface area contributed by atoms with Crippen LogP contribution in [0.15, 0.2) is 29.0 Å². The second-order valence-electron chi connectivity index (χ2n) is 6.46. The van der Waals surface area contributed by atoms with E-state index in [0.717, 1.165) is 25.1 Å². The van der Waals surface area contributed by atoms with Crippen LogP contribution in [0, 0.1) is 6.92 Å². The van der Waals surface area contributed by atoms with Gasteiger partial charge in [-0.3, -0.25) is 19.6 Å². The number of hydrogen-bond acceptors (Lipinski definition) is 7. The summed E-state index contributed by atoms with van der Waals surface area (Å²) in [6.45, 7) is 5.17. The number of carbonyl (C=O) groups is 1. The van der Waals surface area contributed by atoms with Crippen molar-refractivity contribution in [3.05, 3.63) is 41.8 Å². The zero-order chi connectivity index (χ0) is 17.6. The second-order valence-corrected chi connectivity index (χ2v) is 6.46. The van der Waals surface area contributed by atoms with Crippen molar-refractivity contribution in [1.29, 1.82) is 0 Å². The van der Waals surface area contributed by atoms with Gasteiger partial charge in [-0.15, -0.1) is 0 Å². The quantitative estimate of drug-likeness (QED) is 0.787. The zero-order valence-corrected chi connectivity index (χ0v) is 14.7. The highest BCUT2D eigenvalue weighted by molar-refractivity contribution is 5.78. The molecule has 1 fully saturated rings. The molecule has 8 heteroatoms. The Labute approximate surface area is 147 Å². The average molecular weight is 344 g/mol. The molecule has 1 aliphatic rings. The van der Waals surface area contributed by atoms with Crippen molar-refractivity contribution in [3.8, 4) is 0 Å². The van der Waals surface area contributed by atoms with Gasteiger partial charge in [-0.2, -0.15) is 4.98 Å². The summed E-state index contributed by atoms with van der Waals surface area (Å²) >= 11 is 0. The molecule has 1 N–H and O–H groups in total. The van der Waals surface area contributed by atoms with Gasteiger partial charge in [0.2, 0.25) is 11.8 Å². The Kier molecular flexibility index (Phi) is 5.72. The first-order valence-electron chi connectivity index (χ1n) is 8.47. The Morgan fingerprint density at radius 1 is 1.52 bits per heavy atom. The lowest BCUT2D eigenvalue weighted by molar-refractivity contribution is -0.122. The molecule has 1 amide bonds. The third kappa shape index (κ3) is 5.07. The van der Waals surface area contributed by atoms with E-state index in [-0.39, 0.29) is 5.91 Å². The van der Waals surface area contributed by atoms with Gasteiger partial charge in [-0.05, 0) is 25.1 Å². The molecule has 3 rings (SSSR count). The Hall–Kier alpha value is -2.32. The lowest BCUT2D eigenvalue weighted by atomic mass is 10.2. The van der Waals surface area contributed by atoms with E-state index in [1.165, 1.54) is 0 Å². The third-order valence-electron chi connectivity index (χ3n) is 4.41. The molecule has 1 atom stereocenters. The molecule has 0 spiro atoms. The highest BCUT2D eigenvalue weighted by Crippen LogP contribution is 2.15. The van der Waals surface area contributed by atoms with Crippen LogP contribution in [-0.4, -0.2) is 63.6 Å². The third-order valence-corrected chi connectivity index (χ3v) is 4.41. The summed E-state index contributed by atoms with van der Waals surface area (Å²) in [5.41, 5.74) is 1.00. The largest absolute Gasteiger partial charge is 0.351 e. The molecular weight excluding hydrogens is 320 g/mol. The topological polar surface area (TPSA) is 87.4 Å². The van der Waals surface area contributed by atoms with E-state index in [1.54, 1.807) is 19.3 Å². The second kappa shape index (κ2) is 8.17. The van der Waals surface area contributed by atoms with E-state index in [4.69, 9.17) is 4.52 Å². The van der Waals surface area contributed by atoms with Gasteiger partial charge in [0, 0.05) is 45.0 Å². The van der Waals surface area contributed by atoms with E-state index >= 15 is 0 Å². The highest BCUT2D eigenvalue weighted by Gasteiger charge is 2.27. The molecule has 8 nitrogen and oxygen atoms in total. The number of rotatable bonds is 7. The molecule has 25 heavy (non-hydrogen) atoms. The van der Waals surface area contributed by atoms with Crippen LogP contribution in [0.5, 0.6) is 0 Å². The fourth-order valence-corrected chi connectivity index (χ4v) is 3.04. The van der Waals surface area contributed by atoms with E-state index < -0.39 is 0 Å². The maximum absolute atomic E-state index is 12.1. The van der Waals surface area contributed by atoms with Crippen molar-refractivity contribution in [2.75, 3.05) is 26.7 Å². The molecule has 134 valence electrons. The summed E-state index contributed by atoms with van der Waals surface area (Å²) in [4.78, 5) is 24.8.